The van der Waals surface area contributed by atoms with Crippen molar-refractivity contribution in [2.75, 3.05) is 6.61 Å². The Hall–Kier alpha value is -0.830. The van der Waals surface area contributed by atoms with E-state index in [0.717, 1.165) is 6.42 Å². The molecular formula is C7H13NO2. The van der Waals surface area contributed by atoms with Crippen LogP contribution in [0, 0.1) is 0 Å². The Morgan fingerprint density at radius 1 is 1.70 bits per heavy atom. The van der Waals surface area contributed by atoms with Gasteiger partial charge in [-0.1, -0.05) is 19.4 Å². The molecule has 0 aromatic rings. The SMILES string of the molecule is CCCC(=CCO)C(N)=O. The number of carbonyl (C=O) groups is 1. The molecule has 0 aliphatic heterocycles. The Morgan fingerprint density at radius 2 is 2.30 bits per heavy atom. The van der Waals surface area contributed by atoms with Crippen molar-refractivity contribution in [1.29, 1.82) is 0 Å². The number of hydrogen-bond donors (Lipinski definition) is 2. The summed E-state index contributed by atoms with van der Waals surface area (Å²) in [4.78, 5) is 10.5. The molecule has 0 aliphatic carbocycles. The lowest BCUT2D eigenvalue weighted by Gasteiger charge is -1.97. The van der Waals surface area contributed by atoms with E-state index in [4.69, 9.17) is 10.8 Å². The van der Waals surface area contributed by atoms with Crippen molar-refractivity contribution in [3.8, 4) is 0 Å². The number of carbonyl (C=O) groups excluding carboxylic acids is 1. The third kappa shape index (κ3) is 3.25. The van der Waals surface area contributed by atoms with E-state index < -0.39 is 5.91 Å². The smallest absolute Gasteiger partial charge is 0.244 e. The zero-order valence-electron chi connectivity index (χ0n) is 6.13. The summed E-state index contributed by atoms with van der Waals surface area (Å²) >= 11 is 0. The van der Waals surface area contributed by atoms with Crippen LogP contribution in [-0.2, 0) is 4.79 Å². The Bertz CT molecular complexity index is 141. The summed E-state index contributed by atoms with van der Waals surface area (Å²) < 4.78 is 0. The van der Waals surface area contributed by atoms with Crippen molar-refractivity contribution < 1.29 is 9.90 Å². The van der Waals surface area contributed by atoms with E-state index in [1.807, 2.05) is 6.92 Å². The molecule has 0 atom stereocenters. The molecule has 10 heavy (non-hydrogen) atoms. The highest BCUT2D eigenvalue weighted by Gasteiger charge is 2.00. The summed E-state index contributed by atoms with van der Waals surface area (Å²) in [7, 11) is 0. The Kier molecular flexibility index (Phi) is 4.58. The van der Waals surface area contributed by atoms with Crippen molar-refractivity contribution in [2.45, 2.75) is 19.8 Å². The number of primary amides is 1. The molecule has 0 heterocycles. The zero-order chi connectivity index (χ0) is 7.98. The molecule has 0 spiro atoms. The van der Waals surface area contributed by atoms with Crippen LogP contribution in [0.25, 0.3) is 0 Å². The van der Waals surface area contributed by atoms with Gasteiger partial charge in [-0.15, -0.1) is 0 Å². The molecule has 0 saturated heterocycles. The molecule has 0 bridgehead atoms. The molecular weight excluding hydrogens is 130 g/mol. The lowest BCUT2D eigenvalue weighted by atomic mass is 10.1. The Balaban J connectivity index is 3.98. The van der Waals surface area contributed by atoms with Gasteiger partial charge in [-0.3, -0.25) is 4.79 Å². The highest BCUT2D eigenvalue weighted by Crippen LogP contribution is 2.02. The maximum absolute atomic E-state index is 10.5. The molecule has 0 rings (SSSR count). The number of aliphatic hydroxyl groups is 1. The number of rotatable bonds is 4. The molecule has 0 fully saturated rings. The van der Waals surface area contributed by atoms with Gasteiger partial charge in [0.05, 0.1) is 6.61 Å². The first-order valence-corrected chi connectivity index (χ1v) is 3.32. The van der Waals surface area contributed by atoms with Crippen molar-refractivity contribution >= 4 is 5.91 Å². The monoisotopic (exact) mass is 143 g/mol. The molecule has 0 aliphatic rings. The van der Waals surface area contributed by atoms with E-state index in [1.54, 1.807) is 0 Å². The Morgan fingerprint density at radius 3 is 2.60 bits per heavy atom. The molecule has 0 saturated carbocycles. The minimum atomic E-state index is -0.434. The number of hydrogen-bond acceptors (Lipinski definition) is 2. The van der Waals surface area contributed by atoms with Gasteiger partial charge in [-0.25, -0.2) is 0 Å². The normalized spacial score (nSPS) is 11.6. The van der Waals surface area contributed by atoms with E-state index >= 15 is 0 Å². The number of nitrogens with two attached hydrogens (primary N) is 1. The van der Waals surface area contributed by atoms with E-state index in [2.05, 4.69) is 0 Å². The molecule has 0 radical (unpaired) electrons. The third-order valence-electron chi connectivity index (χ3n) is 1.17. The van der Waals surface area contributed by atoms with Gasteiger partial charge in [0, 0.05) is 5.57 Å². The average molecular weight is 143 g/mol. The fraction of sp³-hybridized carbons (Fsp3) is 0.571. The van der Waals surface area contributed by atoms with Crippen molar-refractivity contribution in [2.24, 2.45) is 5.73 Å². The minimum Gasteiger partial charge on any atom is -0.392 e. The van der Waals surface area contributed by atoms with Gasteiger partial charge in [0.25, 0.3) is 0 Å². The van der Waals surface area contributed by atoms with Crippen LogP contribution in [0.3, 0.4) is 0 Å². The summed E-state index contributed by atoms with van der Waals surface area (Å²) in [6.07, 6.45) is 2.97. The van der Waals surface area contributed by atoms with Gasteiger partial charge in [0.2, 0.25) is 5.91 Å². The lowest BCUT2D eigenvalue weighted by Crippen LogP contribution is -2.14. The average Bonchev–Trinajstić information content (AvgIpc) is 1.87. The highest BCUT2D eigenvalue weighted by atomic mass is 16.2. The minimum absolute atomic E-state index is 0.113. The standard InChI is InChI=1S/C7H13NO2/c1-2-3-6(4-5-9)7(8)10/h4,9H,2-3,5H2,1H3,(H2,8,10). The third-order valence-corrected chi connectivity index (χ3v) is 1.17. The topological polar surface area (TPSA) is 63.3 Å². The maximum Gasteiger partial charge on any atom is 0.244 e. The second kappa shape index (κ2) is 4.99. The van der Waals surface area contributed by atoms with Crippen LogP contribution in [0.5, 0.6) is 0 Å². The molecule has 0 aromatic carbocycles. The van der Waals surface area contributed by atoms with Crippen molar-refractivity contribution in [1.82, 2.24) is 0 Å². The first kappa shape index (κ1) is 9.17. The largest absolute Gasteiger partial charge is 0.392 e. The second-order valence-corrected chi connectivity index (χ2v) is 2.03. The van der Waals surface area contributed by atoms with Gasteiger partial charge >= 0.3 is 0 Å². The second-order valence-electron chi connectivity index (χ2n) is 2.03. The molecule has 1 amide bonds. The van der Waals surface area contributed by atoms with Crippen LogP contribution >= 0.6 is 0 Å². The highest BCUT2D eigenvalue weighted by molar-refractivity contribution is 5.91. The van der Waals surface area contributed by atoms with Crippen LogP contribution in [0.1, 0.15) is 19.8 Å². The van der Waals surface area contributed by atoms with Gasteiger partial charge in [-0.2, -0.15) is 0 Å². The van der Waals surface area contributed by atoms with E-state index in [1.165, 1.54) is 6.08 Å². The predicted molar refractivity (Wildman–Crippen MR) is 39.3 cm³/mol. The van der Waals surface area contributed by atoms with E-state index in [-0.39, 0.29) is 6.61 Å². The van der Waals surface area contributed by atoms with Crippen LogP contribution in [0.2, 0.25) is 0 Å². The summed E-state index contributed by atoms with van der Waals surface area (Å²) in [5.74, 6) is -0.434. The van der Waals surface area contributed by atoms with Crippen LogP contribution in [0.15, 0.2) is 11.6 Å². The van der Waals surface area contributed by atoms with Crippen LogP contribution < -0.4 is 5.73 Å². The molecule has 0 unspecified atom stereocenters. The fourth-order valence-corrected chi connectivity index (χ4v) is 0.705. The quantitative estimate of drug-likeness (QED) is 0.552. The van der Waals surface area contributed by atoms with Gasteiger partial charge in [0.15, 0.2) is 0 Å². The Labute approximate surface area is 60.5 Å². The maximum atomic E-state index is 10.5. The molecule has 0 aromatic heterocycles. The molecule has 3 N–H and O–H groups in total. The number of aliphatic hydroxyl groups excluding tert-OH is 1. The van der Waals surface area contributed by atoms with Crippen molar-refractivity contribution in [3.05, 3.63) is 11.6 Å². The first-order chi connectivity index (χ1) is 4.72. The zero-order valence-corrected chi connectivity index (χ0v) is 6.13. The summed E-state index contributed by atoms with van der Waals surface area (Å²) in [6, 6.07) is 0. The van der Waals surface area contributed by atoms with Gasteiger partial charge in [0.1, 0.15) is 0 Å². The fourth-order valence-electron chi connectivity index (χ4n) is 0.705. The van der Waals surface area contributed by atoms with E-state index in [9.17, 15) is 4.79 Å². The summed E-state index contributed by atoms with van der Waals surface area (Å²) in [6.45, 7) is 1.84. The first-order valence-electron chi connectivity index (χ1n) is 3.32. The van der Waals surface area contributed by atoms with Gasteiger partial charge < -0.3 is 10.8 Å². The van der Waals surface area contributed by atoms with Crippen molar-refractivity contribution in [3.63, 3.8) is 0 Å². The number of amides is 1. The van der Waals surface area contributed by atoms with Gasteiger partial charge in [-0.05, 0) is 6.42 Å². The lowest BCUT2D eigenvalue weighted by molar-refractivity contribution is -0.114. The van der Waals surface area contributed by atoms with Crippen LogP contribution in [-0.4, -0.2) is 17.6 Å². The van der Waals surface area contributed by atoms with Crippen LogP contribution in [0.4, 0.5) is 0 Å². The van der Waals surface area contributed by atoms with E-state index in [0.29, 0.717) is 12.0 Å². The summed E-state index contributed by atoms with van der Waals surface area (Å²) in [5.41, 5.74) is 5.51. The predicted octanol–water partition coefficient (Wildman–Crippen LogP) is 0.191. The molecule has 58 valence electrons. The molecule has 3 heteroatoms. The molecule has 3 nitrogen and oxygen atoms in total. The summed E-state index contributed by atoms with van der Waals surface area (Å²) in [5, 5.41) is 8.43.